The Bertz CT molecular complexity index is 701. The molecule has 2 aromatic rings. The van der Waals surface area contributed by atoms with Crippen LogP contribution in [0.1, 0.15) is 16.8 Å². The highest BCUT2D eigenvalue weighted by atomic mass is 32.1. The molecule has 0 fully saturated rings. The average molecular weight is 300 g/mol. The molecule has 0 saturated carbocycles. The monoisotopic (exact) mass is 300 g/mol. The highest BCUT2D eigenvalue weighted by Crippen LogP contribution is 2.35. The van der Waals surface area contributed by atoms with E-state index in [1.165, 1.54) is 18.4 Å². The van der Waals surface area contributed by atoms with E-state index in [9.17, 15) is 9.59 Å². The second kappa shape index (κ2) is 6.68. The van der Waals surface area contributed by atoms with Crippen LogP contribution in [0.2, 0.25) is 0 Å². The van der Waals surface area contributed by atoms with Crippen molar-refractivity contribution in [3.8, 4) is 16.5 Å². The number of hydrogen-bond acceptors (Lipinski definition) is 5. The van der Waals surface area contributed by atoms with Gasteiger partial charge in [0.1, 0.15) is 11.4 Å². The minimum absolute atomic E-state index is 0.265. The van der Waals surface area contributed by atoms with E-state index in [-0.39, 0.29) is 12.0 Å². The predicted octanol–water partition coefficient (Wildman–Crippen LogP) is 3.05. The fraction of sp³-hybridized carbons (Fsp3) is 0.133. The number of esters is 1. The number of carbonyl (C=O) groups excluding carboxylic acids is 2. The van der Waals surface area contributed by atoms with Crippen LogP contribution < -0.4 is 5.32 Å². The number of nitriles is 1. The van der Waals surface area contributed by atoms with Gasteiger partial charge in [-0.05, 0) is 11.6 Å². The van der Waals surface area contributed by atoms with Crippen molar-refractivity contribution in [2.75, 3.05) is 12.4 Å². The van der Waals surface area contributed by atoms with Gasteiger partial charge in [0.05, 0.1) is 18.7 Å². The van der Waals surface area contributed by atoms with Gasteiger partial charge in [0.15, 0.2) is 0 Å². The Morgan fingerprint density at radius 2 is 2.05 bits per heavy atom. The van der Waals surface area contributed by atoms with Gasteiger partial charge >= 0.3 is 5.97 Å². The molecule has 1 aromatic carbocycles. The first kappa shape index (κ1) is 14.8. The van der Waals surface area contributed by atoms with Gasteiger partial charge in [-0.2, -0.15) is 5.26 Å². The van der Waals surface area contributed by atoms with Crippen LogP contribution in [0.4, 0.5) is 5.00 Å². The van der Waals surface area contributed by atoms with Gasteiger partial charge in [-0.25, -0.2) is 4.79 Å². The first-order valence-corrected chi connectivity index (χ1v) is 6.91. The zero-order chi connectivity index (χ0) is 15.2. The van der Waals surface area contributed by atoms with E-state index < -0.39 is 11.9 Å². The number of hydrogen-bond donors (Lipinski definition) is 1. The van der Waals surface area contributed by atoms with Crippen molar-refractivity contribution in [1.82, 2.24) is 0 Å². The van der Waals surface area contributed by atoms with Crippen molar-refractivity contribution in [3.63, 3.8) is 0 Å². The van der Waals surface area contributed by atoms with Crippen LogP contribution in [-0.4, -0.2) is 19.0 Å². The molecule has 0 radical (unpaired) electrons. The summed E-state index contributed by atoms with van der Waals surface area (Å²) in [5.41, 5.74) is 1.22. The lowest BCUT2D eigenvalue weighted by molar-refractivity contribution is -0.115. The van der Waals surface area contributed by atoms with Crippen LogP contribution in [0.15, 0.2) is 36.4 Å². The van der Waals surface area contributed by atoms with Crippen molar-refractivity contribution >= 4 is 28.2 Å². The van der Waals surface area contributed by atoms with E-state index in [2.05, 4.69) is 5.32 Å². The molecule has 5 nitrogen and oxygen atoms in total. The van der Waals surface area contributed by atoms with Gasteiger partial charge in [0.25, 0.3) is 0 Å². The summed E-state index contributed by atoms with van der Waals surface area (Å²) in [5.74, 6) is -0.982. The molecule has 1 aromatic heterocycles. The Morgan fingerprint density at radius 3 is 2.67 bits per heavy atom. The second-order valence-electron chi connectivity index (χ2n) is 4.09. The maximum atomic E-state index is 11.8. The minimum Gasteiger partial charge on any atom is -0.465 e. The number of ether oxygens (including phenoxy) is 1. The first-order chi connectivity index (χ1) is 10.2. The molecule has 0 bridgehead atoms. The fourth-order valence-electron chi connectivity index (χ4n) is 1.73. The van der Waals surface area contributed by atoms with Crippen molar-refractivity contribution in [2.45, 2.75) is 6.42 Å². The zero-order valence-electron chi connectivity index (χ0n) is 11.3. The Balaban J connectivity index is 2.38. The molecular formula is C15H12N2O3S. The topological polar surface area (TPSA) is 79.2 Å². The fourth-order valence-corrected chi connectivity index (χ4v) is 2.80. The number of benzene rings is 1. The maximum Gasteiger partial charge on any atom is 0.340 e. The van der Waals surface area contributed by atoms with Crippen molar-refractivity contribution in [2.24, 2.45) is 0 Å². The van der Waals surface area contributed by atoms with Crippen LogP contribution in [0, 0.1) is 11.3 Å². The number of thiophene rings is 1. The van der Waals surface area contributed by atoms with E-state index in [0.717, 1.165) is 10.4 Å². The molecule has 2 rings (SSSR count). The Hall–Kier alpha value is -2.65. The second-order valence-corrected chi connectivity index (χ2v) is 5.15. The van der Waals surface area contributed by atoms with Crippen LogP contribution in [-0.2, 0) is 9.53 Å². The summed E-state index contributed by atoms with van der Waals surface area (Å²) in [6, 6.07) is 12.9. The highest BCUT2D eigenvalue weighted by molar-refractivity contribution is 7.20. The largest absolute Gasteiger partial charge is 0.465 e. The normalized spacial score (nSPS) is 9.71. The lowest BCUT2D eigenvalue weighted by Crippen LogP contribution is -2.12. The summed E-state index contributed by atoms with van der Waals surface area (Å²) in [6.07, 6.45) is -0.265. The Labute approximate surface area is 125 Å². The smallest absolute Gasteiger partial charge is 0.340 e. The third kappa shape index (κ3) is 3.46. The molecule has 0 unspecified atom stereocenters. The lowest BCUT2D eigenvalue weighted by atomic mass is 10.1. The summed E-state index contributed by atoms with van der Waals surface area (Å²) in [7, 11) is 1.28. The van der Waals surface area contributed by atoms with Crippen molar-refractivity contribution < 1.29 is 14.3 Å². The Morgan fingerprint density at radius 1 is 1.33 bits per heavy atom. The summed E-state index contributed by atoms with van der Waals surface area (Å²) < 4.78 is 4.72. The third-order valence-electron chi connectivity index (χ3n) is 2.69. The third-order valence-corrected chi connectivity index (χ3v) is 3.79. The molecule has 0 spiro atoms. The molecule has 21 heavy (non-hydrogen) atoms. The summed E-state index contributed by atoms with van der Waals surface area (Å²) in [6.45, 7) is 0. The van der Waals surface area contributed by atoms with Crippen LogP contribution in [0.3, 0.4) is 0 Å². The SMILES string of the molecule is COC(=O)c1cc(-c2ccccc2)sc1NC(=O)CC#N. The number of nitrogens with one attached hydrogen (secondary N) is 1. The minimum atomic E-state index is -0.527. The zero-order valence-corrected chi connectivity index (χ0v) is 12.1. The quantitative estimate of drug-likeness (QED) is 0.880. The summed E-state index contributed by atoms with van der Waals surface area (Å²) >= 11 is 1.27. The first-order valence-electron chi connectivity index (χ1n) is 6.10. The number of rotatable bonds is 4. The number of nitrogens with zero attached hydrogens (tertiary/aromatic N) is 1. The number of methoxy groups -OCH3 is 1. The van der Waals surface area contributed by atoms with Gasteiger partial charge in [-0.1, -0.05) is 30.3 Å². The van der Waals surface area contributed by atoms with E-state index in [4.69, 9.17) is 10.00 Å². The molecule has 1 amide bonds. The summed E-state index contributed by atoms with van der Waals surface area (Å²) in [4.78, 5) is 24.2. The van der Waals surface area contributed by atoms with Gasteiger partial charge in [-0.15, -0.1) is 11.3 Å². The maximum absolute atomic E-state index is 11.8. The molecular weight excluding hydrogens is 288 g/mol. The van der Waals surface area contributed by atoms with Gasteiger partial charge < -0.3 is 10.1 Å². The molecule has 0 aliphatic heterocycles. The molecule has 106 valence electrons. The van der Waals surface area contributed by atoms with E-state index >= 15 is 0 Å². The van der Waals surface area contributed by atoms with Crippen LogP contribution in [0.25, 0.3) is 10.4 Å². The molecule has 1 heterocycles. The van der Waals surface area contributed by atoms with Crippen molar-refractivity contribution in [3.05, 3.63) is 42.0 Å². The molecule has 0 atom stereocenters. The van der Waals surface area contributed by atoms with Crippen molar-refractivity contribution in [1.29, 1.82) is 5.26 Å². The number of amides is 1. The number of carbonyl (C=O) groups is 2. The average Bonchev–Trinajstić information content (AvgIpc) is 2.91. The Kier molecular flexibility index (Phi) is 4.69. The highest BCUT2D eigenvalue weighted by Gasteiger charge is 2.19. The molecule has 0 aliphatic rings. The predicted molar refractivity (Wildman–Crippen MR) is 80.0 cm³/mol. The van der Waals surface area contributed by atoms with Gasteiger partial charge in [0, 0.05) is 4.88 Å². The van der Waals surface area contributed by atoms with E-state index in [1.54, 1.807) is 12.1 Å². The van der Waals surface area contributed by atoms with Crippen LogP contribution in [0.5, 0.6) is 0 Å². The summed E-state index contributed by atoms with van der Waals surface area (Å²) in [5, 5.41) is 11.5. The van der Waals surface area contributed by atoms with E-state index in [1.807, 2.05) is 30.3 Å². The molecule has 1 N–H and O–H groups in total. The molecule has 0 saturated heterocycles. The number of anilines is 1. The van der Waals surface area contributed by atoms with E-state index in [0.29, 0.717) is 5.00 Å². The van der Waals surface area contributed by atoms with Gasteiger partial charge in [-0.3, -0.25) is 4.79 Å². The molecule has 0 aliphatic carbocycles. The lowest BCUT2D eigenvalue weighted by Gasteiger charge is -2.02. The van der Waals surface area contributed by atoms with Gasteiger partial charge in [0.2, 0.25) is 5.91 Å². The standard InChI is InChI=1S/C15H12N2O3S/c1-20-15(19)11-9-12(10-5-3-2-4-6-10)21-14(11)17-13(18)7-8-16/h2-6,9H,7H2,1H3,(H,17,18). The van der Waals surface area contributed by atoms with Crippen LogP contribution >= 0.6 is 11.3 Å². The molecule has 6 heteroatoms.